The largest absolute Gasteiger partial charge is 0.326 e. The molecule has 7 nitrogen and oxygen atoms in total. The highest BCUT2D eigenvalue weighted by atomic mass is 35.5. The van der Waals surface area contributed by atoms with Crippen molar-refractivity contribution in [2.24, 2.45) is 0 Å². The van der Waals surface area contributed by atoms with Crippen LogP contribution in [0.2, 0.25) is 5.02 Å². The number of nitrogens with zero attached hydrogens (tertiary/aromatic N) is 3. The molecule has 0 unspecified atom stereocenters. The molecule has 0 aliphatic rings. The van der Waals surface area contributed by atoms with Gasteiger partial charge in [-0.1, -0.05) is 17.7 Å². The average molecular weight is 374 g/mol. The summed E-state index contributed by atoms with van der Waals surface area (Å²) in [7, 11) is 0. The number of hydrogen-bond donors (Lipinski definition) is 2. The van der Waals surface area contributed by atoms with Gasteiger partial charge in [0.1, 0.15) is 0 Å². The van der Waals surface area contributed by atoms with Gasteiger partial charge in [-0.05, 0) is 24.3 Å². The van der Waals surface area contributed by atoms with Crippen molar-refractivity contribution in [2.45, 2.75) is 6.42 Å². The van der Waals surface area contributed by atoms with E-state index >= 15 is 0 Å². The number of aromatic nitrogens is 3. The number of hydrogen-bond acceptors (Lipinski definition) is 6. The molecular formula is C16H12ClN5O2S. The third-order valence-corrected chi connectivity index (χ3v) is 4.03. The topological polar surface area (TPSA) is 96.9 Å². The standard InChI is InChI=1S/C16H12ClN5O2S/c17-10-3-1-4-11(7-10)20-13(23)8-12-9-25-16(21-12)22-15(24)14-18-5-2-6-19-14/h1-7,9H,8H2,(H,20,23)(H,21,22,24). The first-order chi connectivity index (χ1) is 12.1. The maximum absolute atomic E-state index is 12.0. The molecule has 0 saturated heterocycles. The Labute approximate surface area is 152 Å². The first-order valence-electron chi connectivity index (χ1n) is 7.18. The molecule has 3 aromatic rings. The lowest BCUT2D eigenvalue weighted by molar-refractivity contribution is -0.115. The van der Waals surface area contributed by atoms with Gasteiger partial charge in [0.05, 0.1) is 12.1 Å². The minimum absolute atomic E-state index is 0.0537. The fourth-order valence-corrected chi connectivity index (χ4v) is 2.85. The highest BCUT2D eigenvalue weighted by molar-refractivity contribution is 7.14. The summed E-state index contributed by atoms with van der Waals surface area (Å²) in [5.74, 6) is -0.625. The zero-order chi connectivity index (χ0) is 17.6. The molecule has 1 aromatic carbocycles. The van der Waals surface area contributed by atoms with E-state index in [9.17, 15) is 9.59 Å². The second-order valence-corrected chi connectivity index (χ2v) is 6.20. The molecule has 0 spiro atoms. The van der Waals surface area contributed by atoms with Crippen LogP contribution in [-0.2, 0) is 11.2 Å². The second kappa shape index (κ2) is 7.82. The van der Waals surface area contributed by atoms with E-state index in [4.69, 9.17) is 11.6 Å². The SMILES string of the molecule is O=C(Cc1csc(NC(=O)c2ncccn2)n1)Nc1cccc(Cl)c1. The number of amides is 2. The minimum Gasteiger partial charge on any atom is -0.326 e. The minimum atomic E-state index is -0.454. The number of halogens is 1. The van der Waals surface area contributed by atoms with E-state index in [1.165, 1.54) is 23.7 Å². The molecule has 0 aliphatic carbocycles. The van der Waals surface area contributed by atoms with E-state index in [2.05, 4.69) is 25.6 Å². The first-order valence-corrected chi connectivity index (χ1v) is 8.44. The quantitative estimate of drug-likeness (QED) is 0.716. The first kappa shape index (κ1) is 17.0. The Kier molecular flexibility index (Phi) is 5.32. The van der Waals surface area contributed by atoms with Crippen molar-refractivity contribution in [1.29, 1.82) is 0 Å². The normalized spacial score (nSPS) is 10.3. The predicted molar refractivity (Wildman–Crippen MR) is 95.9 cm³/mol. The van der Waals surface area contributed by atoms with Gasteiger partial charge in [0.2, 0.25) is 11.7 Å². The van der Waals surface area contributed by atoms with E-state index < -0.39 is 5.91 Å². The summed E-state index contributed by atoms with van der Waals surface area (Å²) in [6.45, 7) is 0. The predicted octanol–water partition coefficient (Wildman–Crippen LogP) is 3.02. The van der Waals surface area contributed by atoms with Crippen LogP contribution in [0.4, 0.5) is 10.8 Å². The molecule has 0 saturated carbocycles. The van der Waals surface area contributed by atoms with Crippen molar-refractivity contribution in [3.63, 3.8) is 0 Å². The zero-order valence-electron chi connectivity index (χ0n) is 12.8. The zero-order valence-corrected chi connectivity index (χ0v) is 14.3. The van der Waals surface area contributed by atoms with Crippen molar-refractivity contribution >= 4 is 45.6 Å². The molecule has 2 N–H and O–H groups in total. The van der Waals surface area contributed by atoms with Crippen LogP contribution < -0.4 is 10.6 Å². The molecular weight excluding hydrogens is 362 g/mol. The maximum atomic E-state index is 12.0. The Balaban J connectivity index is 1.58. The number of benzene rings is 1. The molecule has 25 heavy (non-hydrogen) atoms. The van der Waals surface area contributed by atoms with Crippen LogP contribution in [0.3, 0.4) is 0 Å². The number of carbonyl (C=O) groups excluding carboxylic acids is 2. The van der Waals surface area contributed by atoms with Crippen molar-refractivity contribution in [1.82, 2.24) is 15.0 Å². The van der Waals surface area contributed by atoms with Crippen LogP contribution in [-0.4, -0.2) is 26.8 Å². The Morgan fingerprint density at radius 1 is 1.12 bits per heavy atom. The monoisotopic (exact) mass is 373 g/mol. The Hall–Kier alpha value is -2.84. The summed E-state index contributed by atoms with van der Waals surface area (Å²) in [6.07, 6.45) is 3.05. The fourth-order valence-electron chi connectivity index (χ4n) is 1.95. The van der Waals surface area contributed by atoms with E-state index in [1.807, 2.05) is 0 Å². The summed E-state index contributed by atoms with van der Waals surface area (Å²) in [5.41, 5.74) is 1.16. The van der Waals surface area contributed by atoms with Crippen molar-refractivity contribution in [3.8, 4) is 0 Å². The van der Waals surface area contributed by atoms with Gasteiger partial charge in [0.25, 0.3) is 5.91 Å². The van der Waals surface area contributed by atoms with Crippen LogP contribution in [0, 0.1) is 0 Å². The van der Waals surface area contributed by atoms with E-state index in [0.717, 1.165) is 0 Å². The van der Waals surface area contributed by atoms with Crippen molar-refractivity contribution < 1.29 is 9.59 Å². The Morgan fingerprint density at radius 3 is 2.68 bits per heavy atom. The molecule has 9 heteroatoms. The van der Waals surface area contributed by atoms with Gasteiger partial charge < -0.3 is 5.32 Å². The number of anilines is 2. The molecule has 0 atom stereocenters. The lowest BCUT2D eigenvalue weighted by Gasteiger charge is -2.04. The number of rotatable bonds is 5. The molecule has 0 fully saturated rings. The molecule has 0 bridgehead atoms. The van der Waals surface area contributed by atoms with Crippen molar-refractivity contribution in [3.05, 3.63) is 64.6 Å². The molecule has 2 aromatic heterocycles. The van der Waals surface area contributed by atoms with Crippen LogP contribution in [0.1, 0.15) is 16.3 Å². The van der Waals surface area contributed by atoms with Gasteiger partial charge in [-0.3, -0.25) is 14.9 Å². The van der Waals surface area contributed by atoms with E-state index in [1.54, 1.807) is 35.7 Å². The third kappa shape index (κ3) is 4.82. The molecule has 0 radical (unpaired) electrons. The van der Waals surface area contributed by atoms with Gasteiger partial charge in [-0.25, -0.2) is 15.0 Å². The number of nitrogens with one attached hydrogen (secondary N) is 2. The number of carbonyl (C=O) groups is 2. The number of thiazole rings is 1. The van der Waals surface area contributed by atoms with Crippen LogP contribution in [0.25, 0.3) is 0 Å². The third-order valence-electron chi connectivity index (χ3n) is 2.99. The summed E-state index contributed by atoms with van der Waals surface area (Å²) < 4.78 is 0. The van der Waals surface area contributed by atoms with Crippen molar-refractivity contribution in [2.75, 3.05) is 10.6 Å². The Bertz CT molecular complexity index is 900. The van der Waals surface area contributed by atoms with E-state index in [0.29, 0.717) is 21.5 Å². The van der Waals surface area contributed by atoms with Crippen LogP contribution >= 0.6 is 22.9 Å². The molecule has 3 rings (SSSR count). The smallest absolute Gasteiger partial charge is 0.295 e. The lowest BCUT2D eigenvalue weighted by Crippen LogP contribution is -2.16. The van der Waals surface area contributed by atoms with Gasteiger partial charge in [-0.15, -0.1) is 11.3 Å². The van der Waals surface area contributed by atoms with Gasteiger partial charge in [0, 0.05) is 28.5 Å². The summed E-state index contributed by atoms with van der Waals surface area (Å²) in [5, 5.41) is 7.97. The highest BCUT2D eigenvalue weighted by Crippen LogP contribution is 2.18. The molecule has 2 heterocycles. The fraction of sp³-hybridized carbons (Fsp3) is 0.0625. The molecule has 126 valence electrons. The maximum Gasteiger partial charge on any atom is 0.295 e. The van der Waals surface area contributed by atoms with Gasteiger partial charge in [-0.2, -0.15) is 0 Å². The molecule has 0 aliphatic heterocycles. The second-order valence-electron chi connectivity index (χ2n) is 4.91. The lowest BCUT2D eigenvalue weighted by atomic mass is 10.3. The molecule has 2 amide bonds. The van der Waals surface area contributed by atoms with Crippen LogP contribution in [0.15, 0.2) is 48.1 Å². The summed E-state index contributed by atoms with van der Waals surface area (Å²) in [6, 6.07) is 8.50. The van der Waals surface area contributed by atoms with Gasteiger partial charge in [0.15, 0.2) is 5.13 Å². The van der Waals surface area contributed by atoms with E-state index in [-0.39, 0.29) is 18.2 Å². The van der Waals surface area contributed by atoms with Crippen LogP contribution in [0.5, 0.6) is 0 Å². The highest BCUT2D eigenvalue weighted by Gasteiger charge is 2.13. The average Bonchev–Trinajstić information content (AvgIpc) is 3.02. The Morgan fingerprint density at radius 2 is 1.92 bits per heavy atom. The summed E-state index contributed by atoms with van der Waals surface area (Å²) in [4.78, 5) is 36.0. The summed E-state index contributed by atoms with van der Waals surface area (Å²) >= 11 is 7.10. The van der Waals surface area contributed by atoms with Gasteiger partial charge >= 0.3 is 0 Å².